The zero-order valence-corrected chi connectivity index (χ0v) is 17.7. The third-order valence-electron chi connectivity index (χ3n) is 3.84. The van der Waals surface area contributed by atoms with Gasteiger partial charge in [0.2, 0.25) is 0 Å². The second-order valence-corrected chi connectivity index (χ2v) is 8.08. The van der Waals surface area contributed by atoms with Gasteiger partial charge in [-0.3, -0.25) is 4.79 Å². The molecule has 3 nitrogen and oxygen atoms in total. The Kier molecular flexibility index (Phi) is 8.05. The first-order chi connectivity index (χ1) is 14.1. The molecular weight excluding hydrogens is 427 g/mol. The minimum atomic E-state index is -0.0461. The van der Waals surface area contributed by atoms with E-state index in [1.54, 1.807) is 30.0 Å². The first-order valence-electron chi connectivity index (χ1n) is 8.83. The summed E-state index contributed by atoms with van der Waals surface area (Å²) in [5.41, 5.74) is 0.647. The third kappa shape index (κ3) is 7.17. The Balaban J connectivity index is 1.50. The van der Waals surface area contributed by atoms with Crippen LogP contribution < -0.4 is 9.47 Å². The highest BCUT2D eigenvalue weighted by molar-refractivity contribution is 7.99. The van der Waals surface area contributed by atoms with Gasteiger partial charge in [-0.15, -0.1) is 0 Å². The molecule has 6 heteroatoms. The van der Waals surface area contributed by atoms with Crippen molar-refractivity contribution in [3.8, 4) is 11.5 Å². The monoisotopic (exact) mass is 444 g/mol. The lowest BCUT2D eigenvalue weighted by Gasteiger charge is -2.08. The van der Waals surface area contributed by atoms with Crippen LogP contribution in [0.3, 0.4) is 0 Å². The van der Waals surface area contributed by atoms with Crippen LogP contribution in [0, 0.1) is 0 Å². The number of rotatable bonds is 9. The number of ketones is 1. The molecule has 0 atom stereocenters. The number of carbonyl (C=O) groups excluding carboxylic acids is 1. The molecule has 0 aliphatic carbocycles. The number of ether oxygens (including phenoxy) is 2. The zero-order valence-electron chi connectivity index (χ0n) is 15.4. The summed E-state index contributed by atoms with van der Waals surface area (Å²) in [6, 6.07) is 24.5. The quantitative estimate of drug-likeness (QED) is 0.340. The van der Waals surface area contributed by atoms with Gasteiger partial charge in [-0.25, -0.2) is 0 Å². The van der Waals surface area contributed by atoms with Crippen molar-refractivity contribution in [2.45, 2.75) is 9.79 Å². The number of hydrogen-bond donors (Lipinski definition) is 0. The fourth-order valence-corrected chi connectivity index (χ4v) is 3.34. The van der Waals surface area contributed by atoms with Gasteiger partial charge in [-0.05, 0) is 54.6 Å². The van der Waals surface area contributed by atoms with Gasteiger partial charge in [0.05, 0.1) is 0 Å². The Morgan fingerprint density at radius 3 is 1.90 bits per heavy atom. The Bertz CT molecular complexity index is 952. The lowest BCUT2D eigenvalue weighted by molar-refractivity contribution is 0.0921. The molecule has 0 aromatic heterocycles. The molecule has 0 bridgehead atoms. The van der Waals surface area contributed by atoms with Crippen LogP contribution in [0.1, 0.15) is 10.4 Å². The number of benzene rings is 3. The van der Waals surface area contributed by atoms with E-state index in [-0.39, 0.29) is 16.9 Å². The molecule has 0 fully saturated rings. The van der Waals surface area contributed by atoms with E-state index in [4.69, 9.17) is 32.7 Å². The van der Waals surface area contributed by atoms with Crippen LogP contribution in [-0.2, 0) is 0 Å². The maximum atomic E-state index is 12.1. The minimum Gasteiger partial charge on any atom is -0.489 e. The van der Waals surface area contributed by atoms with Gasteiger partial charge in [0.1, 0.15) is 22.6 Å². The molecule has 0 saturated carbocycles. The fraction of sp³-hybridized carbons (Fsp3) is 0.0870. The van der Waals surface area contributed by atoms with Crippen LogP contribution in [0.5, 0.6) is 11.5 Å². The van der Waals surface area contributed by atoms with Crippen molar-refractivity contribution in [2.75, 3.05) is 13.2 Å². The van der Waals surface area contributed by atoms with Crippen LogP contribution in [0.4, 0.5) is 0 Å². The molecule has 3 rings (SSSR count). The number of halogens is 2. The van der Waals surface area contributed by atoms with E-state index < -0.39 is 0 Å². The zero-order chi connectivity index (χ0) is 20.5. The normalized spacial score (nSPS) is 10.3. The van der Waals surface area contributed by atoms with E-state index in [1.807, 2.05) is 66.7 Å². The smallest absolute Gasteiger partial charge is 0.200 e. The summed E-state index contributed by atoms with van der Waals surface area (Å²) >= 11 is 12.7. The van der Waals surface area contributed by atoms with Crippen molar-refractivity contribution in [2.24, 2.45) is 0 Å². The molecule has 3 aromatic carbocycles. The highest BCUT2D eigenvalue weighted by Crippen LogP contribution is 2.30. The van der Waals surface area contributed by atoms with Crippen LogP contribution in [-0.4, -0.2) is 19.0 Å². The van der Waals surface area contributed by atoms with E-state index in [0.717, 1.165) is 15.5 Å². The van der Waals surface area contributed by atoms with Crippen LogP contribution in [0.15, 0.2) is 99.2 Å². The number of Topliss-reactive ketones (excluding diaryl/α,β-unsaturated/α-hetero) is 1. The molecule has 0 saturated heterocycles. The summed E-state index contributed by atoms with van der Waals surface area (Å²) in [4.78, 5) is 14.2. The summed E-state index contributed by atoms with van der Waals surface area (Å²) < 4.78 is 11.3. The Morgan fingerprint density at radius 2 is 1.34 bits per heavy atom. The van der Waals surface area contributed by atoms with E-state index >= 15 is 0 Å². The molecule has 0 spiro atoms. The fourth-order valence-electron chi connectivity index (χ4n) is 2.40. The SMILES string of the molecule is O=C(COc1ccc(Sc2ccc(OCC=C(Cl)Cl)cc2)cc1)c1ccccc1. The van der Waals surface area contributed by atoms with E-state index in [1.165, 1.54) is 0 Å². The summed E-state index contributed by atoms with van der Waals surface area (Å²) in [5.74, 6) is 1.36. The first-order valence-corrected chi connectivity index (χ1v) is 10.4. The van der Waals surface area contributed by atoms with Gasteiger partial charge >= 0.3 is 0 Å². The largest absolute Gasteiger partial charge is 0.489 e. The Hall–Kier alpha value is -2.40. The lowest BCUT2D eigenvalue weighted by Crippen LogP contribution is -2.11. The highest BCUT2D eigenvalue weighted by Gasteiger charge is 2.06. The number of carbonyl (C=O) groups is 1. The summed E-state index contributed by atoms with van der Waals surface area (Å²) in [7, 11) is 0. The van der Waals surface area contributed by atoms with E-state index in [0.29, 0.717) is 17.9 Å². The molecule has 0 unspecified atom stereocenters. The van der Waals surface area contributed by atoms with Crippen LogP contribution in [0.25, 0.3) is 0 Å². The summed E-state index contributed by atoms with van der Waals surface area (Å²) in [6.45, 7) is 0.338. The van der Waals surface area contributed by atoms with Crippen molar-refractivity contribution in [1.82, 2.24) is 0 Å². The molecule has 3 aromatic rings. The van der Waals surface area contributed by atoms with E-state index in [9.17, 15) is 4.79 Å². The molecule has 0 radical (unpaired) electrons. The van der Waals surface area contributed by atoms with Crippen molar-refractivity contribution in [3.05, 3.63) is 95.0 Å². The predicted octanol–water partition coefficient (Wildman–Crippen LogP) is 6.80. The minimum absolute atomic E-state index is 0.0160. The molecule has 29 heavy (non-hydrogen) atoms. The Labute approximate surface area is 184 Å². The van der Waals surface area contributed by atoms with Gasteiger partial charge in [0.25, 0.3) is 0 Å². The van der Waals surface area contributed by atoms with Crippen molar-refractivity contribution in [1.29, 1.82) is 0 Å². The van der Waals surface area contributed by atoms with Gasteiger partial charge in [-0.1, -0.05) is 65.3 Å². The standard InChI is InChI=1S/C23H18Cl2O3S/c24-23(25)14-15-27-18-6-10-20(11-7-18)29-21-12-8-19(9-13-21)28-16-22(26)17-4-2-1-3-5-17/h1-14H,15-16H2. The van der Waals surface area contributed by atoms with Gasteiger partial charge in [0, 0.05) is 15.4 Å². The Morgan fingerprint density at radius 1 is 0.793 bits per heavy atom. The predicted molar refractivity (Wildman–Crippen MR) is 119 cm³/mol. The van der Waals surface area contributed by atoms with Crippen molar-refractivity contribution in [3.63, 3.8) is 0 Å². The maximum absolute atomic E-state index is 12.1. The molecule has 0 N–H and O–H groups in total. The van der Waals surface area contributed by atoms with Crippen LogP contribution in [0.2, 0.25) is 0 Å². The highest BCUT2D eigenvalue weighted by atomic mass is 35.5. The van der Waals surface area contributed by atoms with Gasteiger partial charge < -0.3 is 9.47 Å². The maximum Gasteiger partial charge on any atom is 0.200 e. The summed E-state index contributed by atoms with van der Waals surface area (Å²) in [5, 5.41) is 0. The number of hydrogen-bond acceptors (Lipinski definition) is 4. The lowest BCUT2D eigenvalue weighted by atomic mass is 10.1. The average molecular weight is 445 g/mol. The van der Waals surface area contributed by atoms with Crippen LogP contribution >= 0.6 is 35.0 Å². The third-order valence-corrected chi connectivity index (χ3v) is 5.16. The second-order valence-electron chi connectivity index (χ2n) is 5.93. The van der Waals surface area contributed by atoms with Crippen molar-refractivity contribution < 1.29 is 14.3 Å². The van der Waals surface area contributed by atoms with Gasteiger partial charge in [0.15, 0.2) is 12.4 Å². The molecule has 148 valence electrons. The summed E-state index contributed by atoms with van der Waals surface area (Å²) in [6.07, 6.45) is 1.59. The topological polar surface area (TPSA) is 35.5 Å². The molecule has 0 heterocycles. The average Bonchev–Trinajstić information content (AvgIpc) is 2.74. The molecule has 0 aliphatic rings. The molecule has 0 amide bonds. The molecular formula is C23H18Cl2O3S. The molecule has 0 aliphatic heterocycles. The second kappa shape index (κ2) is 11.0. The van der Waals surface area contributed by atoms with Crippen molar-refractivity contribution >= 4 is 40.7 Å². The van der Waals surface area contributed by atoms with Gasteiger partial charge in [-0.2, -0.15) is 0 Å². The van der Waals surface area contributed by atoms with E-state index in [2.05, 4.69) is 0 Å². The first kappa shape index (κ1) is 21.3.